The first-order valence-electron chi connectivity index (χ1n) is 9.36. The number of unbranched alkanes of at least 4 members (excludes halogenated alkanes) is 2. The van der Waals surface area contributed by atoms with Crippen molar-refractivity contribution in [2.75, 3.05) is 0 Å². The Hall–Kier alpha value is -1.18. The van der Waals surface area contributed by atoms with Gasteiger partial charge in [-0.05, 0) is 67.6 Å². The number of halogens is 2. The van der Waals surface area contributed by atoms with Gasteiger partial charge in [-0.1, -0.05) is 50.3 Å². The third kappa shape index (κ3) is 3.84. The topological polar surface area (TPSA) is 0 Å². The normalized spacial score (nSPS) is 24.2. The van der Waals surface area contributed by atoms with Crippen LogP contribution in [0.1, 0.15) is 75.8 Å². The summed E-state index contributed by atoms with van der Waals surface area (Å²) in [4.78, 5) is 0. The smallest absolute Gasteiger partial charge is 0.162 e. The Kier molecular flexibility index (Phi) is 5.50. The van der Waals surface area contributed by atoms with Crippen LogP contribution in [0.15, 0.2) is 17.7 Å². The van der Waals surface area contributed by atoms with Crippen molar-refractivity contribution in [1.29, 1.82) is 0 Å². The predicted molar refractivity (Wildman–Crippen MR) is 92.2 cm³/mol. The molecule has 2 aliphatic carbocycles. The molecule has 0 unspecified atom stereocenters. The lowest BCUT2D eigenvalue weighted by Gasteiger charge is -2.32. The summed E-state index contributed by atoms with van der Waals surface area (Å²) in [6.07, 6.45) is 14.4. The van der Waals surface area contributed by atoms with Crippen molar-refractivity contribution in [2.45, 2.75) is 71.1 Å². The van der Waals surface area contributed by atoms with Crippen LogP contribution in [0, 0.1) is 23.5 Å². The molecule has 1 aromatic rings. The standard InChI is InChI=1S/C21H28F2/c1-2-3-4-5-15-6-8-16(9-7-15)17-10-12-19-18(14-17)11-13-20(22)21(19)23/h11,13-16H,2-10,12H2,1H3. The number of benzene rings is 1. The van der Waals surface area contributed by atoms with Gasteiger partial charge < -0.3 is 0 Å². The Morgan fingerprint density at radius 1 is 1.00 bits per heavy atom. The first kappa shape index (κ1) is 16.7. The van der Waals surface area contributed by atoms with Crippen LogP contribution >= 0.6 is 0 Å². The molecule has 0 amide bonds. The maximum absolute atomic E-state index is 13.8. The Morgan fingerprint density at radius 2 is 1.78 bits per heavy atom. The molecular weight excluding hydrogens is 290 g/mol. The molecule has 0 aromatic heterocycles. The number of fused-ring (bicyclic) bond motifs is 1. The van der Waals surface area contributed by atoms with Gasteiger partial charge in [0, 0.05) is 0 Å². The maximum atomic E-state index is 13.8. The van der Waals surface area contributed by atoms with Crippen LogP contribution in [0.25, 0.3) is 6.08 Å². The molecule has 0 saturated heterocycles. The van der Waals surface area contributed by atoms with E-state index in [1.807, 2.05) is 0 Å². The molecule has 3 rings (SSSR count). The van der Waals surface area contributed by atoms with Gasteiger partial charge in [0.15, 0.2) is 11.6 Å². The van der Waals surface area contributed by atoms with E-state index in [-0.39, 0.29) is 0 Å². The largest absolute Gasteiger partial charge is 0.204 e. The highest BCUT2D eigenvalue weighted by Crippen LogP contribution is 2.40. The molecule has 0 bridgehead atoms. The molecule has 1 saturated carbocycles. The first-order valence-corrected chi connectivity index (χ1v) is 9.36. The monoisotopic (exact) mass is 318 g/mol. The van der Waals surface area contributed by atoms with E-state index in [0.717, 1.165) is 17.9 Å². The van der Waals surface area contributed by atoms with Crippen LogP contribution in [0.4, 0.5) is 8.78 Å². The van der Waals surface area contributed by atoms with Gasteiger partial charge in [0.2, 0.25) is 0 Å². The molecule has 0 nitrogen and oxygen atoms in total. The minimum atomic E-state index is -0.715. The highest BCUT2D eigenvalue weighted by Gasteiger charge is 2.26. The van der Waals surface area contributed by atoms with Crippen LogP contribution in [0.3, 0.4) is 0 Å². The highest BCUT2D eigenvalue weighted by atomic mass is 19.2. The maximum Gasteiger partial charge on any atom is 0.162 e. The first-order chi connectivity index (χ1) is 11.2. The average molecular weight is 318 g/mol. The molecule has 0 heterocycles. The second-order valence-electron chi connectivity index (χ2n) is 7.36. The summed E-state index contributed by atoms with van der Waals surface area (Å²) in [6.45, 7) is 2.26. The minimum Gasteiger partial charge on any atom is -0.204 e. The van der Waals surface area contributed by atoms with Gasteiger partial charge in [-0.15, -0.1) is 0 Å². The van der Waals surface area contributed by atoms with Crippen molar-refractivity contribution in [3.63, 3.8) is 0 Å². The summed E-state index contributed by atoms with van der Waals surface area (Å²) in [6, 6.07) is 3.00. The van der Waals surface area contributed by atoms with Gasteiger partial charge in [0.05, 0.1) is 0 Å². The molecule has 0 atom stereocenters. The fraction of sp³-hybridized carbons (Fsp3) is 0.619. The van der Waals surface area contributed by atoms with E-state index in [2.05, 4.69) is 13.0 Å². The molecule has 2 heteroatoms. The zero-order valence-electron chi connectivity index (χ0n) is 14.2. The van der Waals surface area contributed by atoms with Gasteiger partial charge in [-0.2, -0.15) is 0 Å². The highest BCUT2D eigenvalue weighted by molar-refractivity contribution is 5.60. The quantitative estimate of drug-likeness (QED) is 0.531. The van der Waals surface area contributed by atoms with Gasteiger partial charge in [0.25, 0.3) is 0 Å². The zero-order chi connectivity index (χ0) is 16.2. The van der Waals surface area contributed by atoms with E-state index in [9.17, 15) is 8.78 Å². The van der Waals surface area contributed by atoms with E-state index in [1.165, 1.54) is 63.0 Å². The second kappa shape index (κ2) is 7.59. The lowest BCUT2D eigenvalue weighted by molar-refractivity contribution is 0.279. The minimum absolute atomic E-state index is 0.571. The predicted octanol–water partition coefficient (Wildman–Crippen LogP) is 6.68. The van der Waals surface area contributed by atoms with E-state index >= 15 is 0 Å². The van der Waals surface area contributed by atoms with Crippen molar-refractivity contribution in [3.05, 3.63) is 40.5 Å². The van der Waals surface area contributed by atoms with Crippen molar-refractivity contribution in [2.24, 2.45) is 11.8 Å². The van der Waals surface area contributed by atoms with Crippen molar-refractivity contribution < 1.29 is 8.78 Å². The van der Waals surface area contributed by atoms with Crippen LogP contribution in [0.2, 0.25) is 0 Å². The summed E-state index contributed by atoms with van der Waals surface area (Å²) in [7, 11) is 0. The number of hydrogen-bond donors (Lipinski definition) is 0. The Morgan fingerprint density at radius 3 is 2.52 bits per heavy atom. The molecule has 1 aromatic carbocycles. The second-order valence-corrected chi connectivity index (χ2v) is 7.36. The molecule has 23 heavy (non-hydrogen) atoms. The van der Waals surface area contributed by atoms with E-state index in [4.69, 9.17) is 0 Å². The summed E-state index contributed by atoms with van der Waals surface area (Å²) in [5.41, 5.74) is 2.94. The van der Waals surface area contributed by atoms with Gasteiger partial charge in [-0.3, -0.25) is 0 Å². The average Bonchev–Trinajstić information content (AvgIpc) is 2.59. The zero-order valence-corrected chi connectivity index (χ0v) is 14.2. The fourth-order valence-corrected chi connectivity index (χ4v) is 4.37. The van der Waals surface area contributed by atoms with E-state index in [1.54, 1.807) is 6.07 Å². The lowest BCUT2D eigenvalue weighted by Crippen LogP contribution is -2.18. The summed E-state index contributed by atoms with van der Waals surface area (Å²) >= 11 is 0. The van der Waals surface area contributed by atoms with Gasteiger partial charge >= 0.3 is 0 Å². The van der Waals surface area contributed by atoms with Crippen molar-refractivity contribution in [3.8, 4) is 0 Å². The Labute approximate surface area is 139 Å². The molecule has 0 radical (unpaired) electrons. The SMILES string of the molecule is CCCCCC1CCC(C2=Cc3ccc(F)c(F)c3CC2)CC1. The number of hydrogen-bond acceptors (Lipinski definition) is 0. The molecule has 2 aliphatic rings. The lowest BCUT2D eigenvalue weighted by atomic mass is 9.74. The number of allylic oxidation sites excluding steroid dienone is 1. The molecule has 0 aliphatic heterocycles. The van der Waals surface area contributed by atoms with Crippen LogP contribution in [-0.2, 0) is 6.42 Å². The third-order valence-corrected chi connectivity index (χ3v) is 5.82. The molecule has 0 spiro atoms. The van der Waals surface area contributed by atoms with Gasteiger partial charge in [-0.25, -0.2) is 8.78 Å². The third-order valence-electron chi connectivity index (χ3n) is 5.82. The molecule has 0 N–H and O–H groups in total. The van der Waals surface area contributed by atoms with Crippen molar-refractivity contribution >= 4 is 6.08 Å². The number of rotatable bonds is 5. The Balaban J connectivity index is 1.61. The molecule has 126 valence electrons. The van der Waals surface area contributed by atoms with Crippen LogP contribution in [-0.4, -0.2) is 0 Å². The molecule has 1 fully saturated rings. The summed E-state index contributed by atoms with van der Waals surface area (Å²) < 4.78 is 27.2. The van der Waals surface area contributed by atoms with E-state index in [0.29, 0.717) is 17.9 Å². The van der Waals surface area contributed by atoms with Crippen LogP contribution in [0.5, 0.6) is 0 Å². The molecular formula is C21H28F2. The van der Waals surface area contributed by atoms with E-state index < -0.39 is 11.6 Å². The van der Waals surface area contributed by atoms with Gasteiger partial charge in [0.1, 0.15) is 0 Å². The van der Waals surface area contributed by atoms with Crippen LogP contribution < -0.4 is 0 Å². The van der Waals surface area contributed by atoms with Crippen molar-refractivity contribution in [1.82, 2.24) is 0 Å². The Bertz CT molecular complexity index is 565. The summed E-state index contributed by atoms with van der Waals surface area (Å²) in [5.74, 6) is 0.227. The fourth-order valence-electron chi connectivity index (χ4n) is 4.37. The summed E-state index contributed by atoms with van der Waals surface area (Å²) in [5, 5.41) is 0.